The molecule has 100 valence electrons. The molecular formula is C13H19ClN2O2. The number of rotatable bonds is 4. The molecule has 1 aliphatic carbocycles. The summed E-state index contributed by atoms with van der Waals surface area (Å²) in [5, 5.41) is 2.77. The fraction of sp³-hybridized carbons (Fsp3) is 0.538. The summed E-state index contributed by atoms with van der Waals surface area (Å²) in [5.74, 6) is 0.674. The first-order chi connectivity index (χ1) is 8.13. The zero-order chi connectivity index (χ0) is 12.3. The third kappa shape index (κ3) is 4.92. The number of carbonyl (C=O) groups excluding carboxylic acids is 1. The van der Waals surface area contributed by atoms with E-state index in [1.165, 1.54) is 12.8 Å². The molecule has 1 aromatic heterocycles. The maximum Gasteiger partial charge on any atom is 0.407 e. The zero-order valence-corrected chi connectivity index (χ0v) is 11.5. The van der Waals surface area contributed by atoms with Gasteiger partial charge in [0, 0.05) is 17.9 Å². The lowest BCUT2D eigenvalue weighted by Gasteiger charge is -2.07. The molecule has 1 heterocycles. The van der Waals surface area contributed by atoms with Crippen molar-refractivity contribution in [1.29, 1.82) is 0 Å². The molecule has 1 aliphatic rings. The molecule has 1 fully saturated rings. The fourth-order valence-corrected chi connectivity index (χ4v) is 1.75. The molecule has 0 aliphatic heterocycles. The van der Waals surface area contributed by atoms with E-state index in [0.717, 1.165) is 23.5 Å². The van der Waals surface area contributed by atoms with Gasteiger partial charge in [0.15, 0.2) is 0 Å². The van der Waals surface area contributed by atoms with E-state index in [2.05, 4.69) is 10.3 Å². The summed E-state index contributed by atoms with van der Waals surface area (Å²) in [6.07, 6.45) is 2.12. The number of hydrogen-bond acceptors (Lipinski definition) is 3. The largest absolute Gasteiger partial charge is 0.445 e. The number of aryl methyl sites for hydroxylation is 2. The number of carbonyl (C=O) groups is 1. The molecular weight excluding hydrogens is 252 g/mol. The molecule has 4 nitrogen and oxygen atoms in total. The lowest BCUT2D eigenvalue weighted by molar-refractivity contribution is 0.139. The van der Waals surface area contributed by atoms with Crippen LogP contribution in [0.25, 0.3) is 0 Å². The molecule has 0 unspecified atom stereocenters. The molecule has 1 N–H and O–H groups in total. The van der Waals surface area contributed by atoms with Crippen molar-refractivity contribution in [2.75, 3.05) is 6.54 Å². The smallest absolute Gasteiger partial charge is 0.407 e. The molecule has 2 rings (SSSR count). The Labute approximate surface area is 114 Å². The van der Waals surface area contributed by atoms with E-state index in [-0.39, 0.29) is 18.5 Å². The molecule has 0 bridgehead atoms. The van der Waals surface area contributed by atoms with Gasteiger partial charge in [-0.25, -0.2) is 4.79 Å². The van der Waals surface area contributed by atoms with E-state index in [4.69, 9.17) is 4.74 Å². The lowest BCUT2D eigenvalue weighted by Crippen LogP contribution is -2.26. The van der Waals surface area contributed by atoms with Gasteiger partial charge >= 0.3 is 6.09 Å². The predicted molar refractivity (Wildman–Crippen MR) is 71.9 cm³/mol. The van der Waals surface area contributed by atoms with Gasteiger partial charge in [0.25, 0.3) is 0 Å². The van der Waals surface area contributed by atoms with Gasteiger partial charge < -0.3 is 10.1 Å². The number of pyridine rings is 1. The molecule has 1 saturated carbocycles. The van der Waals surface area contributed by atoms with Crippen LogP contribution in [0.4, 0.5) is 4.79 Å². The molecule has 5 heteroatoms. The lowest BCUT2D eigenvalue weighted by atomic mass is 10.2. The summed E-state index contributed by atoms with van der Waals surface area (Å²) < 4.78 is 5.14. The Morgan fingerprint density at radius 3 is 2.56 bits per heavy atom. The van der Waals surface area contributed by atoms with Crippen molar-refractivity contribution in [2.45, 2.75) is 33.3 Å². The van der Waals surface area contributed by atoms with Gasteiger partial charge in [-0.15, -0.1) is 12.4 Å². The second kappa shape index (κ2) is 6.59. The van der Waals surface area contributed by atoms with Gasteiger partial charge in [-0.3, -0.25) is 4.98 Å². The van der Waals surface area contributed by atoms with E-state index < -0.39 is 0 Å². The number of halogens is 1. The van der Waals surface area contributed by atoms with Crippen molar-refractivity contribution in [2.24, 2.45) is 5.92 Å². The second-order valence-corrected chi connectivity index (χ2v) is 4.66. The molecule has 0 spiro atoms. The summed E-state index contributed by atoms with van der Waals surface area (Å²) >= 11 is 0. The highest BCUT2D eigenvalue weighted by Crippen LogP contribution is 2.27. The standard InChI is InChI=1S/C13H18N2O2.ClH/c1-9-5-12(6-10(2)15-9)8-17-13(16)14-7-11-3-4-11;/h5-6,11H,3-4,7-8H2,1-2H3,(H,14,16);1H. The Morgan fingerprint density at radius 2 is 2.00 bits per heavy atom. The molecule has 18 heavy (non-hydrogen) atoms. The van der Waals surface area contributed by atoms with Gasteiger partial charge in [0.1, 0.15) is 6.61 Å². The van der Waals surface area contributed by atoms with Crippen molar-refractivity contribution in [3.63, 3.8) is 0 Å². The molecule has 0 aromatic carbocycles. The van der Waals surface area contributed by atoms with Crippen molar-refractivity contribution in [3.05, 3.63) is 29.1 Å². The van der Waals surface area contributed by atoms with E-state index in [0.29, 0.717) is 12.5 Å². The number of hydrogen-bond donors (Lipinski definition) is 1. The monoisotopic (exact) mass is 270 g/mol. The Bertz CT molecular complexity index is 399. The van der Waals surface area contributed by atoms with Gasteiger partial charge in [0.05, 0.1) is 0 Å². The first kappa shape index (κ1) is 14.8. The fourth-order valence-electron chi connectivity index (χ4n) is 1.75. The minimum Gasteiger partial charge on any atom is -0.445 e. The molecule has 1 amide bonds. The van der Waals surface area contributed by atoms with Crippen molar-refractivity contribution in [3.8, 4) is 0 Å². The summed E-state index contributed by atoms with van der Waals surface area (Å²) in [6.45, 7) is 4.92. The molecule has 1 aromatic rings. The molecule has 0 saturated heterocycles. The SMILES string of the molecule is Cc1cc(COC(=O)NCC2CC2)cc(C)n1.Cl. The van der Waals surface area contributed by atoms with E-state index in [9.17, 15) is 4.79 Å². The van der Waals surface area contributed by atoms with Gasteiger partial charge in [-0.2, -0.15) is 0 Å². The van der Waals surface area contributed by atoms with E-state index >= 15 is 0 Å². The van der Waals surface area contributed by atoms with Crippen molar-refractivity contribution in [1.82, 2.24) is 10.3 Å². The van der Waals surface area contributed by atoms with Crippen LogP contribution >= 0.6 is 12.4 Å². The van der Waals surface area contributed by atoms with Gasteiger partial charge in [0.2, 0.25) is 0 Å². The molecule has 0 atom stereocenters. The van der Waals surface area contributed by atoms with E-state index in [1.54, 1.807) is 0 Å². The van der Waals surface area contributed by atoms with Crippen LogP contribution < -0.4 is 5.32 Å². The Kier molecular flexibility index (Phi) is 5.41. The topological polar surface area (TPSA) is 51.2 Å². The number of nitrogens with one attached hydrogen (secondary N) is 1. The highest BCUT2D eigenvalue weighted by Gasteiger charge is 2.21. The summed E-state index contributed by atoms with van der Waals surface area (Å²) in [6, 6.07) is 3.86. The van der Waals surface area contributed by atoms with Gasteiger partial charge in [-0.1, -0.05) is 0 Å². The predicted octanol–water partition coefficient (Wildman–Crippen LogP) is 2.76. The van der Waals surface area contributed by atoms with E-state index in [1.807, 2.05) is 26.0 Å². The maximum absolute atomic E-state index is 11.4. The van der Waals surface area contributed by atoms with Crippen LogP contribution in [-0.2, 0) is 11.3 Å². The normalized spacial score (nSPS) is 13.7. The highest BCUT2D eigenvalue weighted by atomic mass is 35.5. The minimum atomic E-state index is -0.330. The third-order valence-corrected chi connectivity index (χ3v) is 2.74. The first-order valence-electron chi connectivity index (χ1n) is 5.98. The van der Waals surface area contributed by atoms with Gasteiger partial charge in [-0.05, 0) is 50.3 Å². The second-order valence-electron chi connectivity index (χ2n) is 4.66. The Morgan fingerprint density at radius 1 is 1.39 bits per heavy atom. The number of nitrogens with zero attached hydrogens (tertiary/aromatic N) is 1. The van der Waals surface area contributed by atoms with Crippen LogP contribution in [0.1, 0.15) is 29.8 Å². The van der Waals surface area contributed by atoms with Crippen LogP contribution in [0.5, 0.6) is 0 Å². The van der Waals surface area contributed by atoms with Crippen LogP contribution in [0.15, 0.2) is 12.1 Å². The zero-order valence-electron chi connectivity index (χ0n) is 10.7. The average molecular weight is 271 g/mol. The van der Waals surface area contributed by atoms with Crippen LogP contribution in [0.3, 0.4) is 0 Å². The van der Waals surface area contributed by atoms with Crippen LogP contribution in [-0.4, -0.2) is 17.6 Å². The number of amides is 1. The number of alkyl carbamates (subject to hydrolysis) is 1. The van der Waals surface area contributed by atoms with Crippen molar-refractivity contribution >= 4 is 18.5 Å². The summed E-state index contributed by atoms with van der Waals surface area (Å²) in [5.41, 5.74) is 2.88. The summed E-state index contributed by atoms with van der Waals surface area (Å²) in [7, 11) is 0. The van der Waals surface area contributed by atoms with Crippen molar-refractivity contribution < 1.29 is 9.53 Å². The Hall–Kier alpha value is -1.29. The minimum absolute atomic E-state index is 0. The number of aromatic nitrogens is 1. The van der Waals surface area contributed by atoms with Crippen LogP contribution in [0, 0.1) is 19.8 Å². The molecule has 0 radical (unpaired) electrons. The quantitative estimate of drug-likeness (QED) is 0.915. The Balaban J connectivity index is 0.00000162. The maximum atomic E-state index is 11.4. The third-order valence-electron chi connectivity index (χ3n) is 2.74. The first-order valence-corrected chi connectivity index (χ1v) is 5.98. The van der Waals surface area contributed by atoms with Crippen LogP contribution in [0.2, 0.25) is 0 Å². The highest BCUT2D eigenvalue weighted by molar-refractivity contribution is 5.85. The number of ether oxygens (including phenoxy) is 1. The average Bonchev–Trinajstić information content (AvgIpc) is 3.06. The summed E-state index contributed by atoms with van der Waals surface area (Å²) in [4.78, 5) is 15.6.